The van der Waals surface area contributed by atoms with E-state index in [0.29, 0.717) is 0 Å². The summed E-state index contributed by atoms with van der Waals surface area (Å²) in [6, 6.07) is 0. The maximum atomic E-state index is 3.40. The molecule has 0 saturated carbocycles. The normalized spacial score (nSPS) is 25.2. The van der Waals surface area contributed by atoms with Crippen molar-refractivity contribution in [2.24, 2.45) is 0 Å². The zero-order valence-electron chi connectivity index (χ0n) is 8.86. The second-order valence-corrected chi connectivity index (χ2v) is 4.13. The van der Waals surface area contributed by atoms with E-state index in [1.807, 2.05) is 0 Å². The van der Waals surface area contributed by atoms with Gasteiger partial charge >= 0.3 is 0 Å². The fraction of sp³-hybridized carbons (Fsp3) is 0.846. The molecule has 1 rings (SSSR count). The van der Waals surface area contributed by atoms with E-state index in [1.165, 1.54) is 70.6 Å². The van der Waals surface area contributed by atoms with E-state index < -0.39 is 0 Å². The molecule has 13 heavy (non-hydrogen) atoms. The van der Waals surface area contributed by atoms with E-state index in [1.54, 1.807) is 0 Å². The zero-order valence-corrected chi connectivity index (χ0v) is 8.86. The van der Waals surface area contributed by atoms with Crippen LogP contribution >= 0.6 is 0 Å². The molecule has 0 aliphatic heterocycles. The van der Waals surface area contributed by atoms with Gasteiger partial charge in [-0.05, 0) is 31.8 Å². The molecule has 0 bridgehead atoms. The Kier molecular flexibility index (Phi) is 6.94. The monoisotopic (exact) mass is 179 g/mol. The lowest BCUT2D eigenvalue weighted by Gasteiger charge is -1.99. The van der Waals surface area contributed by atoms with E-state index in [2.05, 4.69) is 12.2 Å². The van der Waals surface area contributed by atoms with E-state index in [0.717, 1.165) is 0 Å². The van der Waals surface area contributed by atoms with Crippen molar-refractivity contribution in [2.75, 3.05) is 0 Å². The Morgan fingerprint density at radius 1 is 0.615 bits per heavy atom. The number of rotatable bonds is 0. The molecule has 1 radical (unpaired) electrons. The first-order chi connectivity index (χ1) is 6.50. The average molecular weight is 179 g/mol. The molecular weight excluding hydrogens is 156 g/mol. The Bertz CT molecular complexity index is 110. The largest absolute Gasteiger partial charge is 0.0811 e. The molecule has 1 aliphatic rings. The van der Waals surface area contributed by atoms with Gasteiger partial charge in [-0.25, -0.2) is 0 Å². The third-order valence-corrected chi connectivity index (χ3v) is 2.81. The van der Waals surface area contributed by atoms with Crippen molar-refractivity contribution in [3.05, 3.63) is 12.2 Å². The van der Waals surface area contributed by atoms with Gasteiger partial charge in [0, 0.05) is 0 Å². The maximum Gasteiger partial charge on any atom is -0.0279 e. The first kappa shape index (κ1) is 10.8. The molecule has 1 aliphatic carbocycles. The van der Waals surface area contributed by atoms with Gasteiger partial charge < -0.3 is 0 Å². The van der Waals surface area contributed by atoms with E-state index in [9.17, 15) is 0 Å². The highest BCUT2D eigenvalue weighted by Gasteiger charge is 1.93. The Labute approximate surface area is 83.4 Å². The van der Waals surface area contributed by atoms with E-state index in [4.69, 9.17) is 0 Å². The fourth-order valence-corrected chi connectivity index (χ4v) is 1.92. The van der Waals surface area contributed by atoms with Gasteiger partial charge in [-0.2, -0.15) is 0 Å². The van der Waals surface area contributed by atoms with Gasteiger partial charge in [0.25, 0.3) is 0 Å². The van der Waals surface area contributed by atoms with Crippen molar-refractivity contribution in [3.8, 4) is 0 Å². The minimum atomic E-state index is 1.19. The van der Waals surface area contributed by atoms with Crippen LogP contribution < -0.4 is 0 Å². The summed E-state index contributed by atoms with van der Waals surface area (Å²) in [7, 11) is 0. The quantitative estimate of drug-likeness (QED) is 0.507. The van der Waals surface area contributed by atoms with Crippen molar-refractivity contribution in [3.63, 3.8) is 0 Å². The number of allylic oxidation sites excluding steroid dienone is 2. The van der Waals surface area contributed by atoms with Crippen LogP contribution in [0.1, 0.15) is 70.6 Å². The van der Waals surface area contributed by atoms with Crippen LogP contribution in [-0.2, 0) is 0 Å². The summed E-state index contributed by atoms with van der Waals surface area (Å²) >= 11 is 0. The predicted molar refractivity (Wildman–Crippen MR) is 58.6 cm³/mol. The lowest BCUT2D eigenvalue weighted by molar-refractivity contribution is 0.564. The second kappa shape index (κ2) is 8.34. The first-order valence-electron chi connectivity index (χ1n) is 6.05. The van der Waals surface area contributed by atoms with Crippen LogP contribution in [-0.4, -0.2) is 0 Å². The summed E-state index contributed by atoms with van der Waals surface area (Å²) in [6.07, 6.45) is 21.0. The summed E-state index contributed by atoms with van der Waals surface area (Å²) in [5, 5.41) is 0. The predicted octanol–water partition coefficient (Wildman–Crippen LogP) is 4.65. The molecule has 0 saturated heterocycles. The Balaban J connectivity index is 2.09. The molecule has 0 unspecified atom stereocenters. The fourth-order valence-electron chi connectivity index (χ4n) is 1.92. The van der Waals surface area contributed by atoms with Gasteiger partial charge in [-0.1, -0.05) is 51.0 Å². The van der Waals surface area contributed by atoms with Crippen molar-refractivity contribution in [2.45, 2.75) is 70.6 Å². The molecule has 0 aromatic carbocycles. The summed E-state index contributed by atoms with van der Waals surface area (Å²) in [5.41, 5.74) is 0. The molecule has 0 fully saturated rings. The van der Waals surface area contributed by atoms with Crippen LogP contribution in [0.4, 0.5) is 0 Å². The summed E-state index contributed by atoms with van der Waals surface area (Å²) in [5.74, 6) is 0. The van der Waals surface area contributed by atoms with Crippen LogP contribution in [0.5, 0.6) is 0 Å². The zero-order chi connectivity index (χ0) is 9.19. The van der Waals surface area contributed by atoms with Crippen LogP contribution in [0.3, 0.4) is 0 Å². The van der Waals surface area contributed by atoms with Crippen LogP contribution in [0.25, 0.3) is 0 Å². The van der Waals surface area contributed by atoms with Crippen LogP contribution in [0.15, 0.2) is 6.08 Å². The molecule has 0 heterocycles. The van der Waals surface area contributed by atoms with Gasteiger partial charge in [0.05, 0.1) is 0 Å². The molecule has 75 valence electrons. The van der Waals surface area contributed by atoms with Gasteiger partial charge in [-0.3, -0.25) is 0 Å². The minimum absolute atomic E-state index is 1.19. The Hall–Kier alpha value is -0.260. The van der Waals surface area contributed by atoms with Crippen molar-refractivity contribution >= 4 is 0 Å². The molecule has 0 aromatic heterocycles. The maximum absolute atomic E-state index is 3.40. The summed E-state index contributed by atoms with van der Waals surface area (Å²) < 4.78 is 0. The van der Waals surface area contributed by atoms with Gasteiger partial charge in [0.1, 0.15) is 0 Å². The van der Waals surface area contributed by atoms with Crippen molar-refractivity contribution in [1.29, 1.82) is 0 Å². The molecule has 0 amide bonds. The number of hydrogen-bond donors (Lipinski definition) is 0. The second-order valence-electron chi connectivity index (χ2n) is 4.13. The average Bonchev–Trinajstić information content (AvgIpc) is 2.18. The van der Waals surface area contributed by atoms with E-state index in [-0.39, 0.29) is 0 Å². The third kappa shape index (κ3) is 6.86. The van der Waals surface area contributed by atoms with Crippen molar-refractivity contribution in [1.82, 2.24) is 0 Å². The molecule has 0 spiro atoms. The van der Waals surface area contributed by atoms with Crippen molar-refractivity contribution < 1.29 is 0 Å². The minimum Gasteiger partial charge on any atom is -0.0811 e. The molecule has 0 N–H and O–H groups in total. The van der Waals surface area contributed by atoms with Crippen LogP contribution in [0, 0.1) is 6.08 Å². The lowest BCUT2D eigenvalue weighted by atomic mass is 10.1. The molecule has 0 nitrogen and oxygen atoms in total. The van der Waals surface area contributed by atoms with Crippen LogP contribution in [0.2, 0.25) is 0 Å². The highest BCUT2D eigenvalue weighted by molar-refractivity contribution is 4.73. The molecule has 0 aromatic rings. The standard InChI is InChI=1S/C13H23/c1-2-4-6-8-10-12-13-11-9-7-5-3-1/h1H,2,4-13H2. The third-order valence-electron chi connectivity index (χ3n) is 2.81. The smallest absolute Gasteiger partial charge is 0.0279 e. The van der Waals surface area contributed by atoms with Gasteiger partial charge in [0.2, 0.25) is 0 Å². The van der Waals surface area contributed by atoms with E-state index >= 15 is 0 Å². The molecular formula is C13H23. The van der Waals surface area contributed by atoms with Gasteiger partial charge in [0.15, 0.2) is 0 Å². The summed E-state index contributed by atoms with van der Waals surface area (Å²) in [6.45, 7) is 0. The first-order valence-corrected chi connectivity index (χ1v) is 6.05. The Morgan fingerprint density at radius 3 is 1.85 bits per heavy atom. The summed E-state index contributed by atoms with van der Waals surface area (Å²) in [4.78, 5) is 0. The Morgan fingerprint density at radius 2 is 1.15 bits per heavy atom. The SMILES string of the molecule is [C]1=C/CCCCCCCCCCC/1. The number of hydrogen-bond acceptors (Lipinski definition) is 0. The van der Waals surface area contributed by atoms with Gasteiger partial charge in [-0.15, -0.1) is 0 Å². The molecule has 0 heteroatoms. The molecule has 0 atom stereocenters. The highest BCUT2D eigenvalue weighted by atomic mass is 14.0. The topological polar surface area (TPSA) is 0 Å². The highest BCUT2D eigenvalue weighted by Crippen LogP contribution is 2.12. The lowest BCUT2D eigenvalue weighted by Crippen LogP contribution is -1.80.